The Hall–Kier alpha value is -1.14. The third-order valence-electron chi connectivity index (χ3n) is 3.66. The van der Waals surface area contributed by atoms with E-state index in [0.717, 1.165) is 19.6 Å². The van der Waals surface area contributed by atoms with Crippen molar-refractivity contribution in [3.05, 3.63) is 0 Å². The van der Waals surface area contributed by atoms with Crippen molar-refractivity contribution < 1.29 is 14.3 Å². The number of morpholine rings is 1. The largest absolute Gasteiger partial charge is 0.374 e. The molecule has 1 rings (SSSR count). The van der Waals surface area contributed by atoms with Crippen LogP contribution in [-0.4, -0.2) is 61.6 Å². The Labute approximate surface area is 134 Å². The molecule has 6 heteroatoms. The van der Waals surface area contributed by atoms with Gasteiger partial charge < -0.3 is 15.4 Å². The Balaban J connectivity index is 2.43. The summed E-state index contributed by atoms with van der Waals surface area (Å²) in [7, 11) is 0. The molecule has 1 heterocycles. The second-order valence-electron chi connectivity index (χ2n) is 6.81. The van der Waals surface area contributed by atoms with Crippen LogP contribution in [0.15, 0.2) is 0 Å². The first kappa shape index (κ1) is 18.9. The van der Waals surface area contributed by atoms with E-state index in [4.69, 9.17) is 4.74 Å². The molecule has 2 N–H and O–H groups in total. The Morgan fingerprint density at radius 1 is 1.27 bits per heavy atom. The number of carbonyl (C=O) groups excluding carboxylic acids is 2. The fourth-order valence-electron chi connectivity index (χ4n) is 2.66. The van der Waals surface area contributed by atoms with Gasteiger partial charge in [0.25, 0.3) is 0 Å². The zero-order chi connectivity index (χ0) is 16.7. The maximum atomic E-state index is 12.2. The maximum Gasteiger partial charge on any atom is 0.242 e. The van der Waals surface area contributed by atoms with Gasteiger partial charge in [0.05, 0.1) is 12.7 Å². The minimum Gasteiger partial charge on any atom is -0.374 e. The molecule has 1 aliphatic heterocycles. The number of rotatable bonds is 7. The first-order valence-corrected chi connectivity index (χ1v) is 8.18. The molecule has 22 heavy (non-hydrogen) atoms. The summed E-state index contributed by atoms with van der Waals surface area (Å²) in [5.74, 6) is 0.340. The summed E-state index contributed by atoms with van der Waals surface area (Å²) in [6.07, 6.45) is 0.0154. The van der Waals surface area contributed by atoms with Gasteiger partial charge in [-0.2, -0.15) is 0 Å². The molecule has 0 spiro atoms. The fourth-order valence-corrected chi connectivity index (χ4v) is 2.66. The lowest BCUT2D eigenvalue weighted by Gasteiger charge is -2.34. The summed E-state index contributed by atoms with van der Waals surface area (Å²) >= 11 is 0. The van der Waals surface area contributed by atoms with Crippen molar-refractivity contribution in [3.8, 4) is 0 Å². The van der Waals surface area contributed by atoms with Crippen molar-refractivity contribution >= 4 is 11.8 Å². The number of ether oxygens (including phenoxy) is 1. The van der Waals surface area contributed by atoms with Crippen molar-refractivity contribution in [1.29, 1.82) is 0 Å². The molecule has 0 aromatic rings. The second-order valence-corrected chi connectivity index (χ2v) is 6.81. The van der Waals surface area contributed by atoms with Gasteiger partial charge in [0.2, 0.25) is 11.8 Å². The van der Waals surface area contributed by atoms with Crippen molar-refractivity contribution in [2.75, 3.05) is 32.8 Å². The average molecular weight is 313 g/mol. The first-order valence-electron chi connectivity index (χ1n) is 8.18. The molecule has 6 nitrogen and oxygen atoms in total. The van der Waals surface area contributed by atoms with E-state index in [2.05, 4.69) is 29.4 Å². The van der Waals surface area contributed by atoms with Gasteiger partial charge in [-0.1, -0.05) is 27.7 Å². The van der Waals surface area contributed by atoms with Gasteiger partial charge in [0, 0.05) is 33.1 Å². The van der Waals surface area contributed by atoms with E-state index in [1.54, 1.807) is 0 Å². The van der Waals surface area contributed by atoms with Crippen LogP contribution < -0.4 is 10.6 Å². The highest BCUT2D eigenvalue weighted by atomic mass is 16.5. The molecule has 0 aliphatic carbocycles. The van der Waals surface area contributed by atoms with Gasteiger partial charge in [-0.15, -0.1) is 0 Å². The van der Waals surface area contributed by atoms with E-state index < -0.39 is 6.04 Å². The number of carbonyl (C=O) groups is 2. The number of nitrogens with one attached hydrogen (secondary N) is 2. The first-order chi connectivity index (χ1) is 10.3. The van der Waals surface area contributed by atoms with E-state index in [-0.39, 0.29) is 23.8 Å². The van der Waals surface area contributed by atoms with Crippen LogP contribution in [0.25, 0.3) is 0 Å². The molecule has 128 valence electrons. The highest BCUT2D eigenvalue weighted by Gasteiger charge is 2.25. The molecule has 0 aromatic carbocycles. The van der Waals surface area contributed by atoms with Crippen LogP contribution >= 0.6 is 0 Å². The predicted molar refractivity (Wildman–Crippen MR) is 86.5 cm³/mol. The van der Waals surface area contributed by atoms with Crippen LogP contribution in [0.4, 0.5) is 0 Å². The number of hydrogen-bond donors (Lipinski definition) is 2. The van der Waals surface area contributed by atoms with Crippen molar-refractivity contribution in [2.24, 2.45) is 11.8 Å². The van der Waals surface area contributed by atoms with Crippen LogP contribution in [0.1, 0.15) is 34.6 Å². The summed E-state index contributed by atoms with van der Waals surface area (Å²) in [5, 5.41) is 5.61. The third-order valence-corrected chi connectivity index (χ3v) is 3.66. The van der Waals surface area contributed by atoms with Gasteiger partial charge in [-0.3, -0.25) is 14.5 Å². The van der Waals surface area contributed by atoms with E-state index >= 15 is 0 Å². The molecule has 2 amide bonds. The normalized spacial score (nSPS) is 21.0. The van der Waals surface area contributed by atoms with E-state index in [1.165, 1.54) is 6.92 Å². The summed E-state index contributed by atoms with van der Waals surface area (Å²) in [4.78, 5) is 25.8. The monoisotopic (exact) mass is 313 g/mol. The van der Waals surface area contributed by atoms with E-state index in [9.17, 15) is 9.59 Å². The van der Waals surface area contributed by atoms with Crippen LogP contribution in [0.5, 0.6) is 0 Å². The zero-order valence-corrected chi connectivity index (χ0v) is 14.5. The van der Waals surface area contributed by atoms with Gasteiger partial charge in [0.15, 0.2) is 0 Å². The summed E-state index contributed by atoms with van der Waals surface area (Å²) in [6.45, 7) is 13.7. The van der Waals surface area contributed by atoms with Crippen LogP contribution in [0.3, 0.4) is 0 Å². The second kappa shape index (κ2) is 9.10. The Kier molecular flexibility index (Phi) is 7.82. The average Bonchev–Trinajstić information content (AvgIpc) is 2.41. The Morgan fingerprint density at radius 2 is 1.95 bits per heavy atom. The van der Waals surface area contributed by atoms with Crippen LogP contribution in [0.2, 0.25) is 0 Å². The fraction of sp³-hybridized carbons (Fsp3) is 0.875. The number of hydrogen-bond acceptors (Lipinski definition) is 4. The molecule has 1 aliphatic rings. The molecule has 0 saturated carbocycles. The maximum absolute atomic E-state index is 12.2. The molecule has 0 aromatic heterocycles. The van der Waals surface area contributed by atoms with Crippen molar-refractivity contribution in [2.45, 2.75) is 46.8 Å². The van der Waals surface area contributed by atoms with Gasteiger partial charge in [0.1, 0.15) is 6.04 Å². The van der Waals surface area contributed by atoms with Gasteiger partial charge in [-0.25, -0.2) is 0 Å². The highest BCUT2D eigenvalue weighted by Crippen LogP contribution is 2.08. The third kappa shape index (κ3) is 6.75. The van der Waals surface area contributed by atoms with Crippen molar-refractivity contribution in [1.82, 2.24) is 15.5 Å². The highest BCUT2D eigenvalue weighted by molar-refractivity contribution is 5.87. The van der Waals surface area contributed by atoms with Gasteiger partial charge >= 0.3 is 0 Å². The van der Waals surface area contributed by atoms with E-state index in [1.807, 2.05) is 13.8 Å². The number of amides is 2. The molecule has 0 bridgehead atoms. The molecule has 2 atom stereocenters. The standard InChI is InChI=1S/C16H31N3O3/c1-11(2)9-19-6-7-22-14(10-19)8-17-16(21)15(12(3)4)18-13(5)20/h11-12,14-15H,6-10H2,1-5H3,(H,17,21)(H,18,20). The van der Waals surface area contributed by atoms with Crippen molar-refractivity contribution in [3.63, 3.8) is 0 Å². The molecule has 0 radical (unpaired) electrons. The summed E-state index contributed by atoms with van der Waals surface area (Å²) < 4.78 is 5.72. The van der Waals surface area contributed by atoms with E-state index in [0.29, 0.717) is 19.1 Å². The molecular formula is C16H31N3O3. The van der Waals surface area contributed by atoms with Crippen LogP contribution in [-0.2, 0) is 14.3 Å². The SMILES string of the molecule is CC(=O)NC(C(=O)NCC1CN(CC(C)C)CCO1)C(C)C. The zero-order valence-electron chi connectivity index (χ0n) is 14.5. The Morgan fingerprint density at radius 3 is 2.50 bits per heavy atom. The molecule has 2 unspecified atom stereocenters. The smallest absolute Gasteiger partial charge is 0.242 e. The van der Waals surface area contributed by atoms with Crippen LogP contribution in [0, 0.1) is 11.8 Å². The number of nitrogens with zero attached hydrogens (tertiary/aromatic N) is 1. The quantitative estimate of drug-likeness (QED) is 0.723. The van der Waals surface area contributed by atoms with Gasteiger partial charge in [-0.05, 0) is 11.8 Å². The molecular weight excluding hydrogens is 282 g/mol. The molecule has 1 fully saturated rings. The lowest BCUT2D eigenvalue weighted by Crippen LogP contribution is -2.53. The topological polar surface area (TPSA) is 70.7 Å². The lowest BCUT2D eigenvalue weighted by molar-refractivity contribution is -0.129. The minimum absolute atomic E-state index is 0.0154. The predicted octanol–water partition coefficient (Wildman–Crippen LogP) is 0.620. The lowest BCUT2D eigenvalue weighted by atomic mass is 10.0. The summed E-state index contributed by atoms with van der Waals surface area (Å²) in [6, 6.07) is -0.493. The molecule has 1 saturated heterocycles. The Bertz CT molecular complexity index is 372. The summed E-state index contributed by atoms with van der Waals surface area (Å²) in [5.41, 5.74) is 0. The minimum atomic E-state index is -0.493.